The normalized spacial score (nSPS) is 11.1. The van der Waals surface area contributed by atoms with Crippen LogP contribution in [-0.4, -0.2) is 31.0 Å². The Labute approximate surface area is 119 Å². The first-order valence-electron chi connectivity index (χ1n) is 6.11. The van der Waals surface area contributed by atoms with E-state index >= 15 is 0 Å². The number of nitrogens with zero attached hydrogens (tertiary/aromatic N) is 4. The third-order valence-corrected chi connectivity index (χ3v) is 3.57. The van der Waals surface area contributed by atoms with Gasteiger partial charge in [-0.15, -0.1) is 5.10 Å². The van der Waals surface area contributed by atoms with Gasteiger partial charge in [0.1, 0.15) is 0 Å². The zero-order valence-electron chi connectivity index (χ0n) is 11.1. The van der Waals surface area contributed by atoms with Gasteiger partial charge in [0, 0.05) is 0 Å². The van der Waals surface area contributed by atoms with E-state index < -0.39 is 0 Å². The predicted molar refractivity (Wildman–Crippen MR) is 78.0 cm³/mol. The molecule has 0 bridgehead atoms. The van der Waals surface area contributed by atoms with E-state index in [1.165, 1.54) is 16.4 Å². The maximum Gasteiger partial charge on any atom is 0.344 e. The van der Waals surface area contributed by atoms with Crippen molar-refractivity contribution in [3.63, 3.8) is 0 Å². The SMILES string of the molecule is CSc1nn(Cc2nc3ccccc3nc2C)c(=O)[nH]1. The minimum absolute atomic E-state index is 0.233. The molecule has 2 aromatic heterocycles. The Hall–Kier alpha value is -2.15. The van der Waals surface area contributed by atoms with Crippen molar-refractivity contribution in [3.05, 3.63) is 46.1 Å². The first kappa shape index (κ1) is 12.9. The first-order chi connectivity index (χ1) is 9.67. The monoisotopic (exact) mass is 287 g/mol. The van der Waals surface area contributed by atoms with Gasteiger partial charge in [-0.1, -0.05) is 23.9 Å². The summed E-state index contributed by atoms with van der Waals surface area (Å²) in [5.41, 5.74) is 3.01. The number of benzene rings is 1. The highest BCUT2D eigenvalue weighted by Crippen LogP contribution is 2.13. The van der Waals surface area contributed by atoms with Crippen LogP contribution in [0.1, 0.15) is 11.4 Å². The van der Waals surface area contributed by atoms with Gasteiger partial charge < -0.3 is 0 Å². The van der Waals surface area contributed by atoms with Crippen molar-refractivity contribution in [2.45, 2.75) is 18.6 Å². The number of thioether (sulfide) groups is 1. The van der Waals surface area contributed by atoms with Crippen LogP contribution in [0.3, 0.4) is 0 Å². The molecule has 0 saturated carbocycles. The molecule has 6 nitrogen and oxygen atoms in total. The van der Waals surface area contributed by atoms with E-state index in [1.807, 2.05) is 37.4 Å². The second kappa shape index (κ2) is 5.09. The predicted octanol–water partition coefficient (Wildman–Crippen LogP) is 1.59. The second-order valence-corrected chi connectivity index (χ2v) is 5.14. The molecule has 0 aliphatic heterocycles. The maximum atomic E-state index is 11.8. The van der Waals surface area contributed by atoms with E-state index in [9.17, 15) is 4.79 Å². The van der Waals surface area contributed by atoms with Crippen molar-refractivity contribution in [1.29, 1.82) is 0 Å². The molecule has 0 saturated heterocycles. The maximum absolute atomic E-state index is 11.8. The van der Waals surface area contributed by atoms with Gasteiger partial charge in [-0.3, -0.25) is 4.98 Å². The molecule has 0 atom stereocenters. The van der Waals surface area contributed by atoms with E-state index in [0.717, 1.165) is 22.4 Å². The van der Waals surface area contributed by atoms with Crippen LogP contribution < -0.4 is 5.69 Å². The number of hydrogen-bond acceptors (Lipinski definition) is 5. The van der Waals surface area contributed by atoms with Gasteiger partial charge in [0.25, 0.3) is 0 Å². The third kappa shape index (κ3) is 2.32. The molecule has 1 N–H and O–H groups in total. The summed E-state index contributed by atoms with van der Waals surface area (Å²) in [5.74, 6) is 0. The van der Waals surface area contributed by atoms with Gasteiger partial charge in [-0.25, -0.2) is 19.4 Å². The van der Waals surface area contributed by atoms with E-state index in [1.54, 1.807) is 0 Å². The zero-order valence-corrected chi connectivity index (χ0v) is 11.9. The molecule has 3 rings (SSSR count). The topological polar surface area (TPSA) is 76.5 Å². The number of aromatic nitrogens is 5. The van der Waals surface area contributed by atoms with E-state index in [2.05, 4.69) is 20.1 Å². The number of H-pyrrole nitrogens is 1. The minimum Gasteiger partial charge on any atom is -0.284 e. The van der Waals surface area contributed by atoms with Crippen LogP contribution in [0.25, 0.3) is 11.0 Å². The summed E-state index contributed by atoms with van der Waals surface area (Å²) < 4.78 is 1.37. The molecule has 20 heavy (non-hydrogen) atoms. The molecule has 2 heterocycles. The fourth-order valence-electron chi connectivity index (χ4n) is 1.95. The molecule has 102 valence electrons. The molecular weight excluding hydrogens is 274 g/mol. The van der Waals surface area contributed by atoms with Gasteiger partial charge in [0.05, 0.1) is 29.0 Å². The Balaban J connectivity index is 2.03. The molecular formula is C13H13N5OS. The number of fused-ring (bicyclic) bond motifs is 1. The van der Waals surface area contributed by atoms with Crippen molar-refractivity contribution in [1.82, 2.24) is 24.7 Å². The zero-order chi connectivity index (χ0) is 14.1. The lowest BCUT2D eigenvalue weighted by atomic mass is 10.2. The van der Waals surface area contributed by atoms with Crippen molar-refractivity contribution < 1.29 is 0 Å². The van der Waals surface area contributed by atoms with Gasteiger partial charge in [-0.05, 0) is 25.3 Å². The van der Waals surface area contributed by atoms with Gasteiger partial charge >= 0.3 is 5.69 Å². The molecule has 0 radical (unpaired) electrons. The van der Waals surface area contributed by atoms with Crippen molar-refractivity contribution >= 4 is 22.8 Å². The summed E-state index contributed by atoms with van der Waals surface area (Å²) in [6.07, 6.45) is 1.86. The summed E-state index contributed by atoms with van der Waals surface area (Å²) in [5, 5.41) is 4.79. The van der Waals surface area contributed by atoms with Crippen LogP contribution >= 0.6 is 11.8 Å². The molecule has 0 unspecified atom stereocenters. The molecule has 7 heteroatoms. The Bertz CT molecular complexity index is 823. The van der Waals surface area contributed by atoms with Crippen LogP contribution in [-0.2, 0) is 6.54 Å². The first-order valence-corrected chi connectivity index (χ1v) is 7.33. The van der Waals surface area contributed by atoms with Crippen molar-refractivity contribution in [2.75, 3.05) is 6.26 Å². The molecule has 0 aliphatic rings. The molecule has 0 amide bonds. The number of aryl methyl sites for hydroxylation is 1. The number of para-hydroxylation sites is 2. The second-order valence-electron chi connectivity index (χ2n) is 4.34. The fourth-order valence-corrected chi connectivity index (χ4v) is 2.32. The standard InChI is InChI=1S/C13H13N5OS/c1-8-11(7-18-13(19)16-12(17-18)20-2)15-10-6-4-3-5-9(10)14-8/h3-6H,7H2,1-2H3,(H,16,17,19). The largest absolute Gasteiger partial charge is 0.344 e. The quantitative estimate of drug-likeness (QED) is 0.740. The van der Waals surface area contributed by atoms with Gasteiger partial charge in [0.15, 0.2) is 5.16 Å². The van der Waals surface area contributed by atoms with Crippen LogP contribution in [0, 0.1) is 6.92 Å². The van der Waals surface area contributed by atoms with Crippen molar-refractivity contribution in [2.24, 2.45) is 0 Å². The Kier molecular flexibility index (Phi) is 3.27. The number of aromatic amines is 1. The molecule has 1 aromatic carbocycles. The Morgan fingerprint density at radius 1 is 1.25 bits per heavy atom. The van der Waals surface area contributed by atoms with Crippen molar-refractivity contribution in [3.8, 4) is 0 Å². The summed E-state index contributed by atoms with van der Waals surface area (Å²) in [4.78, 5) is 23.5. The molecule has 0 spiro atoms. The highest BCUT2D eigenvalue weighted by molar-refractivity contribution is 7.98. The highest BCUT2D eigenvalue weighted by Gasteiger charge is 2.09. The van der Waals surface area contributed by atoms with E-state index in [-0.39, 0.29) is 5.69 Å². The minimum atomic E-state index is -0.233. The third-order valence-electron chi connectivity index (χ3n) is 3.00. The number of nitrogens with one attached hydrogen (secondary N) is 1. The van der Waals surface area contributed by atoms with Crippen LogP contribution in [0.2, 0.25) is 0 Å². The number of rotatable bonds is 3. The average Bonchev–Trinajstić information content (AvgIpc) is 2.80. The smallest absolute Gasteiger partial charge is 0.284 e. The Morgan fingerprint density at radius 2 is 1.95 bits per heavy atom. The van der Waals surface area contributed by atoms with Gasteiger partial charge in [0.2, 0.25) is 0 Å². The summed E-state index contributed by atoms with van der Waals surface area (Å²) in [6, 6.07) is 7.68. The summed E-state index contributed by atoms with van der Waals surface area (Å²) in [6.45, 7) is 2.21. The number of hydrogen-bond donors (Lipinski definition) is 1. The van der Waals surface area contributed by atoms with E-state index in [4.69, 9.17) is 0 Å². The van der Waals surface area contributed by atoms with Crippen LogP contribution in [0.15, 0.2) is 34.2 Å². The highest BCUT2D eigenvalue weighted by atomic mass is 32.2. The summed E-state index contributed by atoms with van der Waals surface area (Å²) in [7, 11) is 0. The van der Waals surface area contributed by atoms with Crippen LogP contribution in [0.5, 0.6) is 0 Å². The fraction of sp³-hybridized carbons (Fsp3) is 0.231. The lowest BCUT2D eigenvalue weighted by molar-refractivity contribution is 0.630. The van der Waals surface area contributed by atoms with E-state index in [0.29, 0.717) is 11.7 Å². The summed E-state index contributed by atoms with van der Waals surface area (Å²) >= 11 is 1.40. The molecule has 3 aromatic rings. The average molecular weight is 287 g/mol. The lowest BCUT2D eigenvalue weighted by Gasteiger charge is -2.05. The van der Waals surface area contributed by atoms with Gasteiger partial charge in [-0.2, -0.15) is 0 Å². The Morgan fingerprint density at radius 3 is 2.60 bits per heavy atom. The van der Waals surface area contributed by atoms with Crippen LogP contribution in [0.4, 0.5) is 0 Å². The lowest BCUT2D eigenvalue weighted by Crippen LogP contribution is -2.20. The molecule has 0 aliphatic carbocycles. The molecule has 0 fully saturated rings.